The van der Waals surface area contributed by atoms with Gasteiger partial charge in [-0.1, -0.05) is 0 Å². The predicted octanol–water partition coefficient (Wildman–Crippen LogP) is 2.23. The second-order valence-corrected chi connectivity index (χ2v) is 7.78. The van der Waals surface area contributed by atoms with Gasteiger partial charge in [0.05, 0.1) is 16.6 Å². The molecule has 2 atom stereocenters. The lowest BCUT2D eigenvalue weighted by molar-refractivity contribution is 0.0695. The number of rotatable bonds is 3. The maximum absolute atomic E-state index is 15.2. The summed E-state index contributed by atoms with van der Waals surface area (Å²) in [5, 5.41) is 22.6. The Kier molecular flexibility index (Phi) is 4.35. The molecule has 2 aromatic rings. The van der Waals surface area contributed by atoms with Gasteiger partial charge in [-0.25, -0.2) is 9.18 Å². The molecule has 2 unspecified atom stereocenters. The van der Waals surface area contributed by atoms with E-state index in [1.54, 1.807) is 4.57 Å². The average molecular weight is 384 g/mol. The van der Waals surface area contributed by atoms with E-state index in [4.69, 9.17) is 0 Å². The zero-order chi connectivity index (χ0) is 20.2. The number of aromatic nitrogens is 1. The zero-order valence-corrected chi connectivity index (χ0v) is 15.7. The molecule has 2 aliphatic rings. The number of benzene rings is 1. The van der Waals surface area contributed by atoms with Gasteiger partial charge in [0, 0.05) is 37.4 Å². The number of nitrogens with zero attached hydrogens (tertiary/aromatic N) is 3. The van der Waals surface area contributed by atoms with Crippen molar-refractivity contribution in [3.8, 4) is 6.07 Å². The summed E-state index contributed by atoms with van der Waals surface area (Å²) in [4.78, 5) is 26.0. The number of pyridine rings is 1. The van der Waals surface area contributed by atoms with Crippen molar-refractivity contribution in [2.45, 2.75) is 44.8 Å². The fourth-order valence-electron chi connectivity index (χ4n) is 4.20. The molecule has 0 radical (unpaired) electrons. The number of hydrogen-bond acceptors (Lipinski definition) is 5. The Morgan fingerprint density at radius 1 is 1.32 bits per heavy atom. The van der Waals surface area contributed by atoms with Gasteiger partial charge in [0.2, 0.25) is 5.43 Å². The van der Waals surface area contributed by atoms with E-state index in [2.05, 4.69) is 11.4 Å². The molecular weight excluding hydrogens is 363 g/mol. The van der Waals surface area contributed by atoms with E-state index in [0.717, 1.165) is 18.9 Å². The minimum Gasteiger partial charge on any atom is -0.477 e. The van der Waals surface area contributed by atoms with Crippen LogP contribution in [0.5, 0.6) is 0 Å². The molecular formula is C20H21FN4O3. The third kappa shape index (κ3) is 2.92. The number of carbonyl (C=O) groups is 1. The van der Waals surface area contributed by atoms with E-state index >= 15 is 4.39 Å². The number of piperazine rings is 1. The van der Waals surface area contributed by atoms with Crippen LogP contribution in [0, 0.1) is 17.1 Å². The molecule has 2 N–H and O–H groups in total. The van der Waals surface area contributed by atoms with E-state index in [1.165, 1.54) is 6.20 Å². The lowest BCUT2D eigenvalue weighted by Crippen LogP contribution is -2.54. The molecule has 28 heavy (non-hydrogen) atoms. The van der Waals surface area contributed by atoms with E-state index in [1.807, 2.05) is 18.7 Å². The van der Waals surface area contributed by atoms with Crippen LogP contribution in [-0.4, -0.2) is 40.8 Å². The Morgan fingerprint density at radius 2 is 1.96 bits per heavy atom. The number of fused-ring (bicyclic) bond motifs is 1. The highest BCUT2D eigenvalue weighted by atomic mass is 19.1. The highest BCUT2D eigenvalue weighted by Gasteiger charge is 2.32. The molecule has 1 aliphatic carbocycles. The predicted molar refractivity (Wildman–Crippen MR) is 102 cm³/mol. The van der Waals surface area contributed by atoms with Crippen molar-refractivity contribution in [3.63, 3.8) is 0 Å². The molecule has 1 aliphatic heterocycles. The lowest BCUT2D eigenvalue weighted by atomic mass is 10.0. The second-order valence-electron chi connectivity index (χ2n) is 7.78. The molecule has 2 fully saturated rings. The molecule has 0 bridgehead atoms. The standard InChI is InChI=1S/C20H21FN4O3/c1-10-7-24(8-11(2)23-10)18-14(6-22)17-13(5-16(18)21)19(26)15(20(27)28)9-25(17)12-3-4-12/h5,9-12,23H,3-4,7-8H2,1-2H3,(H,27,28). The minimum absolute atomic E-state index is 0.0208. The molecule has 1 saturated heterocycles. The monoisotopic (exact) mass is 384 g/mol. The minimum atomic E-state index is -1.35. The molecule has 0 amide bonds. The van der Waals surface area contributed by atoms with Gasteiger partial charge < -0.3 is 19.9 Å². The Balaban J connectivity index is 2.04. The molecule has 1 saturated carbocycles. The van der Waals surface area contributed by atoms with E-state index in [-0.39, 0.29) is 34.8 Å². The topological polar surface area (TPSA) is 98.4 Å². The van der Waals surface area contributed by atoms with Crippen molar-refractivity contribution in [1.82, 2.24) is 9.88 Å². The van der Waals surface area contributed by atoms with Gasteiger partial charge in [0.1, 0.15) is 23.0 Å². The summed E-state index contributed by atoms with van der Waals surface area (Å²) in [5.74, 6) is -2.03. The van der Waals surface area contributed by atoms with Crippen LogP contribution in [0.4, 0.5) is 10.1 Å². The number of halogens is 1. The van der Waals surface area contributed by atoms with Gasteiger partial charge in [-0.2, -0.15) is 5.26 Å². The average Bonchev–Trinajstić information content (AvgIpc) is 3.45. The van der Waals surface area contributed by atoms with Crippen molar-refractivity contribution in [2.75, 3.05) is 18.0 Å². The van der Waals surface area contributed by atoms with Crippen LogP contribution in [-0.2, 0) is 0 Å². The van der Waals surface area contributed by atoms with Crippen LogP contribution < -0.4 is 15.6 Å². The number of carboxylic acids is 1. The fraction of sp³-hybridized carbons (Fsp3) is 0.450. The number of nitrogens with one attached hydrogen (secondary N) is 1. The highest BCUT2D eigenvalue weighted by Crippen LogP contribution is 2.40. The quantitative estimate of drug-likeness (QED) is 0.842. The molecule has 1 aromatic heterocycles. The Bertz CT molecular complexity index is 1070. The third-order valence-electron chi connectivity index (χ3n) is 5.40. The number of nitriles is 1. The van der Waals surface area contributed by atoms with Gasteiger partial charge >= 0.3 is 5.97 Å². The maximum atomic E-state index is 15.2. The molecule has 2 heterocycles. The summed E-state index contributed by atoms with van der Waals surface area (Å²) in [7, 11) is 0. The normalized spacial score (nSPS) is 22.3. The molecule has 8 heteroatoms. The smallest absolute Gasteiger partial charge is 0.341 e. The van der Waals surface area contributed by atoms with Crippen molar-refractivity contribution < 1.29 is 14.3 Å². The zero-order valence-electron chi connectivity index (χ0n) is 15.7. The van der Waals surface area contributed by atoms with Crippen molar-refractivity contribution in [2.24, 2.45) is 0 Å². The molecule has 1 aromatic carbocycles. The van der Waals surface area contributed by atoms with Gasteiger partial charge in [0.25, 0.3) is 0 Å². The summed E-state index contributed by atoms with van der Waals surface area (Å²) >= 11 is 0. The molecule has 7 nitrogen and oxygen atoms in total. The third-order valence-corrected chi connectivity index (χ3v) is 5.40. The van der Waals surface area contributed by atoms with Crippen molar-refractivity contribution >= 4 is 22.6 Å². The first-order chi connectivity index (χ1) is 13.3. The van der Waals surface area contributed by atoms with Crippen LogP contribution in [0.15, 0.2) is 17.1 Å². The van der Waals surface area contributed by atoms with Crippen LogP contribution in [0.1, 0.15) is 48.7 Å². The van der Waals surface area contributed by atoms with E-state index < -0.39 is 22.8 Å². The van der Waals surface area contributed by atoms with Crippen LogP contribution >= 0.6 is 0 Å². The van der Waals surface area contributed by atoms with Crippen molar-refractivity contribution in [1.29, 1.82) is 5.26 Å². The maximum Gasteiger partial charge on any atom is 0.341 e. The van der Waals surface area contributed by atoms with Crippen LogP contribution in [0.2, 0.25) is 0 Å². The largest absolute Gasteiger partial charge is 0.477 e. The second kappa shape index (κ2) is 6.60. The van der Waals surface area contributed by atoms with Gasteiger partial charge in [0.15, 0.2) is 0 Å². The van der Waals surface area contributed by atoms with E-state index in [0.29, 0.717) is 18.6 Å². The fourth-order valence-corrected chi connectivity index (χ4v) is 4.20. The summed E-state index contributed by atoms with van der Waals surface area (Å²) in [6, 6.07) is 3.44. The summed E-state index contributed by atoms with van der Waals surface area (Å²) in [6.07, 6.45) is 2.96. The first-order valence-electron chi connectivity index (χ1n) is 9.37. The highest BCUT2D eigenvalue weighted by molar-refractivity contribution is 5.96. The van der Waals surface area contributed by atoms with Gasteiger partial charge in [-0.05, 0) is 32.8 Å². The molecule has 4 rings (SSSR count). The first kappa shape index (κ1) is 18.4. The number of hydrogen-bond donors (Lipinski definition) is 2. The van der Waals surface area contributed by atoms with Crippen LogP contribution in [0.25, 0.3) is 10.9 Å². The summed E-state index contributed by atoms with van der Waals surface area (Å²) in [6.45, 7) is 5.05. The Hall–Kier alpha value is -2.92. The number of aromatic carboxylic acids is 1. The van der Waals surface area contributed by atoms with Gasteiger partial charge in [-0.3, -0.25) is 4.79 Å². The van der Waals surface area contributed by atoms with E-state index in [9.17, 15) is 20.0 Å². The Labute approximate surface area is 161 Å². The number of carboxylic acid groups (broad SMARTS) is 1. The van der Waals surface area contributed by atoms with Crippen molar-refractivity contribution in [3.05, 3.63) is 39.4 Å². The number of anilines is 1. The SMILES string of the molecule is CC1CN(c2c(F)cc3c(=O)c(C(=O)O)cn(C4CC4)c3c2C#N)CC(C)N1. The first-order valence-corrected chi connectivity index (χ1v) is 9.37. The lowest BCUT2D eigenvalue weighted by Gasteiger charge is -2.38. The summed E-state index contributed by atoms with van der Waals surface area (Å²) < 4.78 is 16.8. The molecule has 146 valence electrons. The van der Waals surface area contributed by atoms with Gasteiger partial charge in [-0.15, -0.1) is 0 Å². The van der Waals surface area contributed by atoms with Crippen LogP contribution in [0.3, 0.4) is 0 Å². The Morgan fingerprint density at radius 3 is 2.50 bits per heavy atom. The molecule has 0 spiro atoms. The summed E-state index contributed by atoms with van der Waals surface area (Å²) in [5.41, 5.74) is -0.553.